The Labute approximate surface area is 145 Å². The van der Waals surface area contributed by atoms with E-state index in [2.05, 4.69) is 9.84 Å². The molecule has 1 aromatic heterocycles. The van der Waals surface area contributed by atoms with Crippen LogP contribution in [0.1, 0.15) is 10.4 Å². The second kappa shape index (κ2) is 6.43. The number of carbonyl (C=O) groups excluding carboxylic acids is 1. The van der Waals surface area contributed by atoms with Gasteiger partial charge in [-0.15, -0.1) is 18.3 Å². The van der Waals surface area contributed by atoms with Crippen LogP contribution >= 0.6 is 0 Å². The number of nitrogen functional groups attached to an aromatic ring is 1. The lowest BCUT2D eigenvalue weighted by Crippen LogP contribution is -2.17. The molecule has 0 bridgehead atoms. The van der Waals surface area contributed by atoms with Crippen molar-refractivity contribution >= 4 is 11.7 Å². The van der Waals surface area contributed by atoms with Crippen LogP contribution in [0.2, 0.25) is 0 Å². The molecule has 0 radical (unpaired) electrons. The number of para-hydroxylation sites is 1. The molecule has 0 atom stereocenters. The van der Waals surface area contributed by atoms with Crippen molar-refractivity contribution < 1.29 is 22.7 Å². The Balaban J connectivity index is 2.04. The molecule has 0 aliphatic carbocycles. The second-order valence-electron chi connectivity index (χ2n) is 5.33. The number of rotatable bonds is 4. The molecule has 1 heterocycles. The molecule has 0 unspecified atom stereocenters. The molecule has 4 N–H and O–H groups in total. The van der Waals surface area contributed by atoms with Gasteiger partial charge >= 0.3 is 6.36 Å². The number of nitrogens with two attached hydrogens (primary N) is 2. The van der Waals surface area contributed by atoms with Gasteiger partial charge in [0.15, 0.2) is 5.82 Å². The van der Waals surface area contributed by atoms with Crippen LogP contribution in [-0.2, 0) is 0 Å². The molecule has 0 saturated heterocycles. The predicted molar refractivity (Wildman–Crippen MR) is 88.6 cm³/mol. The summed E-state index contributed by atoms with van der Waals surface area (Å²) in [5.41, 5.74) is 12.1. The van der Waals surface area contributed by atoms with Crippen molar-refractivity contribution in [3.8, 4) is 22.6 Å². The summed E-state index contributed by atoms with van der Waals surface area (Å²) >= 11 is 0. The number of anilines is 1. The van der Waals surface area contributed by atoms with E-state index >= 15 is 0 Å². The van der Waals surface area contributed by atoms with Crippen molar-refractivity contribution in [1.29, 1.82) is 0 Å². The molecule has 0 fully saturated rings. The average Bonchev–Trinajstić information content (AvgIpc) is 2.96. The lowest BCUT2D eigenvalue weighted by atomic mass is 10.0. The molecule has 9 heteroatoms. The van der Waals surface area contributed by atoms with Crippen molar-refractivity contribution in [1.82, 2.24) is 9.78 Å². The zero-order valence-electron chi connectivity index (χ0n) is 13.2. The third-order valence-electron chi connectivity index (χ3n) is 3.54. The number of carbonyl (C=O) groups is 1. The fourth-order valence-electron chi connectivity index (χ4n) is 2.44. The number of hydrogen-bond acceptors (Lipinski definition) is 4. The summed E-state index contributed by atoms with van der Waals surface area (Å²) in [7, 11) is 0. The first kappa shape index (κ1) is 17.3. The molecule has 0 saturated carbocycles. The summed E-state index contributed by atoms with van der Waals surface area (Å²) in [6.07, 6.45) is -3.45. The van der Waals surface area contributed by atoms with E-state index in [1.807, 2.05) is 0 Å². The molecule has 2 aromatic carbocycles. The fraction of sp³-hybridized carbons (Fsp3) is 0.0588. The highest BCUT2D eigenvalue weighted by Gasteiger charge is 2.32. The van der Waals surface area contributed by atoms with Crippen molar-refractivity contribution in [3.05, 3.63) is 60.3 Å². The van der Waals surface area contributed by atoms with Gasteiger partial charge < -0.3 is 16.2 Å². The SMILES string of the molecule is NC(=O)c1cn(-c2cccc(-c3ccccc3OC(F)(F)F)c2)nc1N. The van der Waals surface area contributed by atoms with Crippen LogP contribution in [0.3, 0.4) is 0 Å². The lowest BCUT2D eigenvalue weighted by Gasteiger charge is -2.14. The quantitative estimate of drug-likeness (QED) is 0.745. The zero-order valence-corrected chi connectivity index (χ0v) is 13.2. The first-order chi connectivity index (χ1) is 12.2. The standard InChI is InChI=1S/C17H13F3N4O2/c18-17(19,20)26-14-7-2-1-6-12(14)10-4-3-5-11(8-10)24-9-13(16(22)25)15(21)23-24/h1-9H,(H2,21,23)(H2,22,25). The number of benzene rings is 2. The summed E-state index contributed by atoms with van der Waals surface area (Å²) in [4.78, 5) is 11.3. The molecule has 0 aliphatic rings. The lowest BCUT2D eigenvalue weighted by molar-refractivity contribution is -0.274. The smallest absolute Gasteiger partial charge is 0.405 e. The molecule has 26 heavy (non-hydrogen) atoms. The summed E-state index contributed by atoms with van der Waals surface area (Å²) < 4.78 is 43.2. The first-order valence-corrected chi connectivity index (χ1v) is 7.35. The van der Waals surface area contributed by atoms with Crippen molar-refractivity contribution in [3.63, 3.8) is 0 Å². The number of alkyl halides is 3. The summed E-state index contributed by atoms with van der Waals surface area (Å²) in [6.45, 7) is 0. The molecule has 3 rings (SSSR count). The van der Waals surface area contributed by atoms with Gasteiger partial charge in [-0.3, -0.25) is 4.79 Å². The maximum Gasteiger partial charge on any atom is 0.573 e. The van der Waals surface area contributed by atoms with Gasteiger partial charge in [0.2, 0.25) is 0 Å². The van der Waals surface area contributed by atoms with Gasteiger partial charge in [-0.1, -0.05) is 30.3 Å². The topological polar surface area (TPSA) is 96.2 Å². The minimum absolute atomic E-state index is 0.0382. The number of nitrogens with zero attached hydrogens (tertiary/aromatic N) is 2. The summed E-state index contributed by atoms with van der Waals surface area (Å²) in [6, 6.07) is 12.3. The summed E-state index contributed by atoms with van der Waals surface area (Å²) in [5.74, 6) is -1.09. The molecule has 0 spiro atoms. The Kier molecular flexibility index (Phi) is 4.29. The Morgan fingerprint density at radius 2 is 1.85 bits per heavy atom. The minimum atomic E-state index is -4.81. The third kappa shape index (κ3) is 3.61. The van der Waals surface area contributed by atoms with E-state index in [4.69, 9.17) is 11.5 Å². The van der Waals surface area contributed by atoms with Crippen LogP contribution in [0.5, 0.6) is 5.75 Å². The highest BCUT2D eigenvalue weighted by Crippen LogP contribution is 2.34. The normalized spacial score (nSPS) is 11.3. The average molecular weight is 362 g/mol. The first-order valence-electron chi connectivity index (χ1n) is 7.35. The van der Waals surface area contributed by atoms with Gasteiger partial charge in [-0.05, 0) is 23.8 Å². The van der Waals surface area contributed by atoms with Crippen LogP contribution in [0.25, 0.3) is 16.8 Å². The number of primary amides is 1. The third-order valence-corrected chi connectivity index (χ3v) is 3.54. The van der Waals surface area contributed by atoms with E-state index in [-0.39, 0.29) is 22.7 Å². The maximum absolute atomic E-state index is 12.6. The Morgan fingerprint density at radius 3 is 2.50 bits per heavy atom. The van der Waals surface area contributed by atoms with Crippen molar-refractivity contribution in [2.45, 2.75) is 6.36 Å². The van der Waals surface area contributed by atoms with Gasteiger partial charge in [-0.25, -0.2) is 4.68 Å². The van der Waals surface area contributed by atoms with Crippen LogP contribution < -0.4 is 16.2 Å². The molecule has 134 valence electrons. The van der Waals surface area contributed by atoms with Gasteiger partial charge in [-0.2, -0.15) is 0 Å². The minimum Gasteiger partial charge on any atom is -0.405 e. The highest BCUT2D eigenvalue weighted by atomic mass is 19.4. The van der Waals surface area contributed by atoms with E-state index in [1.165, 1.54) is 29.1 Å². The highest BCUT2D eigenvalue weighted by molar-refractivity contribution is 5.97. The van der Waals surface area contributed by atoms with Crippen LogP contribution in [0.15, 0.2) is 54.7 Å². The van der Waals surface area contributed by atoms with Gasteiger partial charge in [0.1, 0.15) is 11.3 Å². The number of aromatic nitrogens is 2. The van der Waals surface area contributed by atoms with Crippen LogP contribution in [0, 0.1) is 0 Å². The maximum atomic E-state index is 12.6. The number of ether oxygens (including phenoxy) is 1. The molecule has 6 nitrogen and oxygen atoms in total. The van der Waals surface area contributed by atoms with Crippen LogP contribution in [-0.4, -0.2) is 22.1 Å². The Bertz CT molecular complexity index is 967. The molecular formula is C17H13F3N4O2. The largest absolute Gasteiger partial charge is 0.573 e. The van der Waals surface area contributed by atoms with Gasteiger partial charge in [0, 0.05) is 11.8 Å². The van der Waals surface area contributed by atoms with Gasteiger partial charge in [0.05, 0.1) is 5.69 Å². The van der Waals surface area contributed by atoms with E-state index in [0.29, 0.717) is 11.3 Å². The zero-order chi connectivity index (χ0) is 18.9. The van der Waals surface area contributed by atoms with E-state index in [0.717, 1.165) is 0 Å². The van der Waals surface area contributed by atoms with Crippen molar-refractivity contribution in [2.24, 2.45) is 5.73 Å². The molecular weight excluding hydrogens is 349 g/mol. The second-order valence-corrected chi connectivity index (χ2v) is 5.33. The van der Waals surface area contributed by atoms with E-state index in [1.54, 1.807) is 30.3 Å². The molecule has 1 amide bonds. The molecule has 0 aliphatic heterocycles. The van der Waals surface area contributed by atoms with E-state index < -0.39 is 12.3 Å². The monoisotopic (exact) mass is 362 g/mol. The predicted octanol–water partition coefficient (Wildman–Crippen LogP) is 3.12. The number of amides is 1. The van der Waals surface area contributed by atoms with Gasteiger partial charge in [0.25, 0.3) is 5.91 Å². The Morgan fingerprint density at radius 1 is 1.12 bits per heavy atom. The number of hydrogen-bond donors (Lipinski definition) is 2. The molecule has 3 aromatic rings. The van der Waals surface area contributed by atoms with Crippen LogP contribution in [0.4, 0.5) is 19.0 Å². The van der Waals surface area contributed by atoms with E-state index in [9.17, 15) is 18.0 Å². The number of halogens is 3. The van der Waals surface area contributed by atoms with Crippen molar-refractivity contribution in [2.75, 3.05) is 5.73 Å². The summed E-state index contributed by atoms with van der Waals surface area (Å²) in [5, 5.41) is 4.00. The Hall–Kier alpha value is -3.49. The fourth-order valence-corrected chi connectivity index (χ4v) is 2.44.